The van der Waals surface area contributed by atoms with Gasteiger partial charge in [0.2, 0.25) is 0 Å². The average molecular weight is 225 g/mol. The lowest BCUT2D eigenvalue weighted by atomic mass is 10.1. The molecule has 1 fully saturated rings. The molecule has 10 heavy (non-hydrogen) atoms. The monoisotopic (exact) mass is 224 g/mol. The maximum atomic E-state index is 9.30. The highest BCUT2D eigenvalue weighted by atomic mass is 79.9. The molecule has 1 aliphatic carbocycles. The topological polar surface area (TPSA) is 20.2 Å². The van der Waals surface area contributed by atoms with Crippen molar-refractivity contribution in [3.05, 3.63) is 0 Å². The molecular weight excluding hydrogens is 212 g/mol. The van der Waals surface area contributed by atoms with Crippen molar-refractivity contribution >= 4 is 28.6 Å². The van der Waals surface area contributed by atoms with Gasteiger partial charge in [-0.3, -0.25) is 0 Å². The maximum Gasteiger partial charge on any atom is 0.0659 e. The molecule has 1 nitrogen and oxygen atoms in total. The summed E-state index contributed by atoms with van der Waals surface area (Å²) in [4.78, 5) is 0. The fourth-order valence-corrected chi connectivity index (χ4v) is 2.55. The van der Waals surface area contributed by atoms with E-state index in [9.17, 15) is 5.11 Å². The minimum atomic E-state index is -0.160. The summed E-state index contributed by atoms with van der Waals surface area (Å²) in [7, 11) is 0. The van der Waals surface area contributed by atoms with Crippen LogP contribution in [-0.4, -0.2) is 21.8 Å². The first-order chi connectivity index (χ1) is 4.74. The number of alkyl halides is 1. The van der Waals surface area contributed by atoms with Gasteiger partial charge in [-0.05, 0) is 25.2 Å². The normalized spacial score (nSPS) is 40.5. The Hall–Kier alpha value is 0.790. The van der Waals surface area contributed by atoms with Crippen molar-refractivity contribution in [2.75, 3.05) is 5.33 Å². The van der Waals surface area contributed by atoms with Crippen LogP contribution in [0.3, 0.4) is 0 Å². The zero-order valence-corrected chi connectivity index (χ0v) is 8.31. The molecule has 0 saturated heterocycles. The van der Waals surface area contributed by atoms with E-state index in [0.29, 0.717) is 5.92 Å². The average Bonchev–Trinajstić information content (AvgIpc) is 2.14. The van der Waals surface area contributed by atoms with E-state index < -0.39 is 0 Å². The summed E-state index contributed by atoms with van der Waals surface area (Å²) < 4.78 is 0. The van der Waals surface area contributed by atoms with E-state index in [4.69, 9.17) is 0 Å². The molecule has 0 aliphatic heterocycles. The van der Waals surface area contributed by atoms with Crippen molar-refractivity contribution < 1.29 is 5.11 Å². The summed E-state index contributed by atoms with van der Waals surface area (Å²) in [5.41, 5.74) is 0. The van der Waals surface area contributed by atoms with Gasteiger partial charge >= 0.3 is 0 Å². The van der Waals surface area contributed by atoms with Gasteiger partial charge in [-0.2, -0.15) is 12.6 Å². The van der Waals surface area contributed by atoms with Gasteiger partial charge in [-0.1, -0.05) is 15.9 Å². The van der Waals surface area contributed by atoms with Gasteiger partial charge in [0.05, 0.1) is 6.10 Å². The molecule has 0 heterocycles. The number of rotatable bonds is 2. The summed E-state index contributed by atoms with van der Waals surface area (Å²) in [5.74, 6) is 0.692. The lowest BCUT2D eigenvalue weighted by molar-refractivity contribution is 0.182. The van der Waals surface area contributed by atoms with Gasteiger partial charge in [0.1, 0.15) is 0 Å². The Labute approximate surface area is 75.7 Å². The van der Waals surface area contributed by atoms with Crippen LogP contribution in [-0.2, 0) is 0 Å². The van der Waals surface area contributed by atoms with Crippen LogP contribution >= 0.6 is 28.6 Å². The highest BCUT2D eigenvalue weighted by Gasteiger charge is 2.29. The van der Waals surface area contributed by atoms with Crippen LogP contribution in [0.1, 0.15) is 19.3 Å². The van der Waals surface area contributed by atoms with Crippen LogP contribution in [0.15, 0.2) is 0 Å². The Balaban J connectivity index is 2.27. The van der Waals surface area contributed by atoms with Crippen LogP contribution in [0, 0.1) is 5.92 Å². The quantitative estimate of drug-likeness (QED) is 0.542. The molecule has 0 amide bonds. The van der Waals surface area contributed by atoms with Gasteiger partial charge in [-0.15, -0.1) is 0 Å². The number of aliphatic hydroxyl groups is 1. The Morgan fingerprint density at radius 1 is 1.50 bits per heavy atom. The molecule has 0 aromatic carbocycles. The molecule has 1 saturated carbocycles. The lowest BCUT2D eigenvalue weighted by Gasteiger charge is -2.03. The lowest BCUT2D eigenvalue weighted by Crippen LogP contribution is -2.11. The number of halogens is 1. The number of aliphatic hydroxyl groups excluding tert-OH is 1. The fourth-order valence-electron chi connectivity index (χ4n) is 1.48. The number of hydrogen-bond acceptors (Lipinski definition) is 2. The minimum absolute atomic E-state index is 0.160. The molecule has 1 aliphatic rings. The van der Waals surface area contributed by atoms with Crippen LogP contribution in [0.25, 0.3) is 0 Å². The highest BCUT2D eigenvalue weighted by molar-refractivity contribution is 9.09. The molecular formula is C7H13BrOS. The molecule has 0 bridgehead atoms. The van der Waals surface area contributed by atoms with Crippen molar-refractivity contribution in [3.8, 4) is 0 Å². The maximum absolute atomic E-state index is 9.30. The van der Waals surface area contributed by atoms with Crippen molar-refractivity contribution in [2.24, 2.45) is 5.92 Å². The predicted octanol–water partition coefficient (Wildman–Crippen LogP) is 1.84. The van der Waals surface area contributed by atoms with Gasteiger partial charge in [0.15, 0.2) is 0 Å². The predicted molar refractivity (Wildman–Crippen MR) is 49.9 cm³/mol. The molecule has 0 aromatic heterocycles. The molecule has 1 N–H and O–H groups in total. The molecule has 3 heteroatoms. The van der Waals surface area contributed by atoms with Gasteiger partial charge in [-0.25, -0.2) is 0 Å². The third-order valence-corrected chi connectivity index (χ3v) is 3.12. The van der Waals surface area contributed by atoms with Crippen molar-refractivity contribution in [3.63, 3.8) is 0 Å². The summed E-state index contributed by atoms with van der Waals surface area (Å²) in [6.07, 6.45) is 3.04. The molecule has 1 rings (SSSR count). The highest BCUT2D eigenvalue weighted by Crippen LogP contribution is 2.31. The molecule has 3 atom stereocenters. The molecule has 60 valence electrons. The molecule has 0 radical (unpaired) electrons. The Kier molecular flexibility index (Phi) is 3.53. The summed E-state index contributed by atoms with van der Waals surface area (Å²) in [6.45, 7) is 0. The first-order valence-corrected chi connectivity index (χ1v) is 5.30. The zero-order chi connectivity index (χ0) is 7.56. The van der Waals surface area contributed by atoms with Crippen molar-refractivity contribution in [1.29, 1.82) is 0 Å². The van der Waals surface area contributed by atoms with E-state index in [1.54, 1.807) is 0 Å². The van der Waals surface area contributed by atoms with Gasteiger partial charge < -0.3 is 5.11 Å². The minimum Gasteiger partial charge on any atom is -0.392 e. The first-order valence-electron chi connectivity index (χ1n) is 3.66. The number of hydrogen-bond donors (Lipinski definition) is 2. The third kappa shape index (κ3) is 2.14. The van der Waals surface area contributed by atoms with E-state index in [1.807, 2.05) is 0 Å². The number of thiol groups is 1. The van der Waals surface area contributed by atoms with Crippen LogP contribution in [0.5, 0.6) is 0 Å². The Bertz CT molecular complexity index is 99.8. The molecule has 3 unspecified atom stereocenters. The van der Waals surface area contributed by atoms with Gasteiger partial charge in [0.25, 0.3) is 0 Å². The van der Waals surface area contributed by atoms with E-state index >= 15 is 0 Å². The van der Waals surface area contributed by atoms with Gasteiger partial charge in [0, 0.05) is 10.6 Å². The van der Waals surface area contributed by atoms with Crippen LogP contribution in [0.4, 0.5) is 0 Å². The van der Waals surface area contributed by atoms with Crippen molar-refractivity contribution in [2.45, 2.75) is 30.6 Å². The zero-order valence-electron chi connectivity index (χ0n) is 5.83. The van der Waals surface area contributed by atoms with E-state index in [2.05, 4.69) is 28.6 Å². The Morgan fingerprint density at radius 2 is 2.20 bits per heavy atom. The van der Waals surface area contributed by atoms with E-state index in [0.717, 1.165) is 18.2 Å². The Morgan fingerprint density at radius 3 is 2.60 bits per heavy atom. The first kappa shape index (κ1) is 8.88. The second kappa shape index (κ2) is 3.98. The smallest absolute Gasteiger partial charge is 0.0659 e. The summed E-state index contributed by atoms with van der Waals surface area (Å²) in [5, 5.41) is 10.6. The third-order valence-electron chi connectivity index (χ3n) is 2.11. The van der Waals surface area contributed by atoms with Crippen molar-refractivity contribution in [1.82, 2.24) is 0 Å². The second-order valence-corrected chi connectivity index (χ2v) is 4.41. The summed E-state index contributed by atoms with van der Waals surface area (Å²) >= 11 is 7.67. The molecule has 0 spiro atoms. The fraction of sp³-hybridized carbons (Fsp3) is 1.00. The standard InChI is InChI=1S/C7H13BrOS/c8-2-1-5-3-6(9)7(10)4-5/h5-7,9-10H,1-4H2. The second-order valence-electron chi connectivity index (χ2n) is 2.95. The van der Waals surface area contributed by atoms with Crippen LogP contribution in [0.2, 0.25) is 0 Å². The van der Waals surface area contributed by atoms with E-state index in [-0.39, 0.29) is 11.4 Å². The summed E-state index contributed by atoms with van der Waals surface area (Å²) in [6, 6.07) is 0. The largest absolute Gasteiger partial charge is 0.392 e. The SMILES string of the molecule is OC1CC(CCBr)CC1S. The van der Waals surface area contributed by atoms with Crippen LogP contribution < -0.4 is 0 Å². The molecule has 0 aromatic rings. The van der Waals surface area contributed by atoms with E-state index in [1.165, 1.54) is 6.42 Å².